The summed E-state index contributed by atoms with van der Waals surface area (Å²) in [6, 6.07) is 7.93. The molecule has 0 aliphatic heterocycles. The minimum Gasteiger partial charge on any atom is -0.350 e. The number of nitrogens with zero attached hydrogens (tertiary/aromatic N) is 2. The average molecular weight is 202 g/mol. The van der Waals surface area contributed by atoms with Crippen molar-refractivity contribution in [3.63, 3.8) is 0 Å². The third-order valence-electron chi connectivity index (χ3n) is 2.02. The van der Waals surface area contributed by atoms with Crippen LogP contribution in [0.3, 0.4) is 0 Å². The lowest BCUT2D eigenvalue weighted by Gasteiger charge is -2.02. The highest BCUT2D eigenvalue weighted by atomic mass is 15.1. The molecule has 0 spiro atoms. The molecule has 15 heavy (non-hydrogen) atoms. The van der Waals surface area contributed by atoms with Crippen LogP contribution in [0.5, 0.6) is 0 Å². The summed E-state index contributed by atoms with van der Waals surface area (Å²) in [5.74, 6) is 5.82. The van der Waals surface area contributed by atoms with Gasteiger partial charge in [0.25, 0.3) is 0 Å². The minimum absolute atomic E-state index is 0.0442. The molecule has 76 valence electrons. The van der Waals surface area contributed by atoms with E-state index in [9.17, 15) is 0 Å². The van der Waals surface area contributed by atoms with Crippen LogP contribution in [0, 0.1) is 17.4 Å². The molecule has 0 amide bonds. The Morgan fingerprint density at radius 2 is 2.13 bits per heavy atom. The van der Waals surface area contributed by atoms with Gasteiger partial charge in [-0.2, -0.15) is 0 Å². The second-order valence-electron chi connectivity index (χ2n) is 3.12. The summed E-state index contributed by atoms with van der Waals surface area (Å²) < 4.78 is 0. The van der Waals surface area contributed by atoms with Crippen LogP contribution in [-0.4, -0.2) is 6.54 Å². The Kier molecular flexibility index (Phi) is 4.24. The van der Waals surface area contributed by atoms with Crippen LogP contribution in [-0.2, 0) is 0 Å². The van der Waals surface area contributed by atoms with Crippen LogP contribution < -0.4 is 10.6 Å². The maximum atomic E-state index is 6.56. The molecule has 0 aliphatic rings. The molecular formula is C11H14N4+2. The molecule has 0 heterocycles. The minimum atomic E-state index is 0.0442. The van der Waals surface area contributed by atoms with Gasteiger partial charge in [0.1, 0.15) is 16.7 Å². The maximum Gasteiger partial charge on any atom is 0.214 e. The normalized spacial score (nSPS) is 10.8. The van der Waals surface area contributed by atoms with E-state index in [-0.39, 0.29) is 6.04 Å². The molecule has 0 saturated heterocycles. The van der Waals surface area contributed by atoms with Crippen LogP contribution in [0.1, 0.15) is 24.1 Å². The largest absolute Gasteiger partial charge is 0.350 e. The number of hydrogen-bond acceptors (Lipinski definition) is 2. The second kappa shape index (κ2) is 5.71. The molecule has 0 aromatic heterocycles. The van der Waals surface area contributed by atoms with Crippen molar-refractivity contribution in [3.8, 4) is 11.8 Å². The van der Waals surface area contributed by atoms with E-state index in [2.05, 4.69) is 27.6 Å². The van der Waals surface area contributed by atoms with E-state index in [0.717, 1.165) is 11.1 Å². The Bertz CT molecular complexity index is 418. The van der Waals surface area contributed by atoms with Crippen molar-refractivity contribution in [2.75, 3.05) is 6.54 Å². The first-order valence-electron chi connectivity index (χ1n) is 4.67. The summed E-state index contributed by atoms with van der Waals surface area (Å²) in [5.41, 5.74) is 12.6. The lowest BCUT2D eigenvalue weighted by atomic mass is 10.1. The van der Waals surface area contributed by atoms with Gasteiger partial charge in [0.15, 0.2) is 6.54 Å². The quantitative estimate of drug-likeness (QED) is 0.415. The van der Waals surface area contributed by atoms with Crippen LogP contribution >= 0.6 is 0 Å². The van der Waals surface area contributed by atoms with Crippen molar-refractivity contribution < 1.29 is 5.73 Å². The van der Waals surface area contributed by atoms with Crippen LogP contribution in [0.4, 0.5) is 0 Å². The number of benzene rings is 1. The first-order chi connectivity index (χ1) is 7.27. The predicted molar refractivity (Wildman–Crippen MR) is 56.8 cm³/mol. The van der Waals surface area contributed by atoms with Gasteiger partial charge in [0, 0.05) is 11.1 Å². The number of nitrogens with one attached hydrogen (secondary N) is 1. The number of rotatable bonds is 3. The summed E-state index contributed by atoms with van der Waals surface area (Å²) in [6.07, 6.45) is 0. The third kappa shape index (κ3) is 3.35. The molecule has 1 aromatic carbocycles. The zero-order valence-corrected chi connectivity index (χ0v) is 8.70. The van der Waals surface area contributed by atoms with Crippen molar-refractivity contribution in [1.29, 1.82) is 5.53 Å². The smallest absolute Gasteiger partial charge is 0.214 e. The second-order valence-corrected chi connectivity index (χ2v) is 3.12. The highest BCUT2D eigenvalue weighted by molar-refractivity contribution is 5.36. The zero-order valence-electron chi connectivity index (χ0n) is 8.70. The molecule has 4 N–H and O–H groups in total. The molecular weight excluding hydrogens is 188 g/mol. The molecule has 1 atom stereocenters. The van der Waals surface area contributed by atoms with E-state index in [0.29, 0.717) is 6.54 Å². The fourth-order valence-corrected chi connectivity index (χ4v) is 1.23. The van der Waals surface area contributed by atoms with Crippen molar-refractivity contribution >= 4 is 0 Å². The molecule has 0 fully saturated rings. The molecule has 1 aromatic rings. The van der Waals surface area contributed by atoms with Crippen molar-refractivity contribution in [3.05, 3.63) is 35.4 Å². The molecule has 1 rings (SSSR count). The molecule has 4 nitrogen and oxygen atoms in total. The maximum absolute atomic E-state index is 6.56. The molecule has 0 aliphatic carbocycles. The summed E-state index contributed by atoms with van der Waals surface area (Å²) >= 11 is 0. The lowest BCUT2D eigenvalue weighted by Crippen LogP contribution is -2.55. The third-order valence-corrected chi connectivity index (χ3v) is 2.02. The van der Waals surface area contributed by atoms with Crippen LogP contribution in [0.2, 0.25) is 0 Å². The van der Waals surface area contributed by atoms with Gasteiger partial charge in [-0.05, 0) is 19.1 Å². The van der Waals surface area contributed by atoms with Crippen molar-refractivity contribution in [2.45, 2.75) is 13.0 Å². The molecule has 0 bridgehead atoms. The van der Waals surface area contributed by atoms with Gasteiger partial charge >= 0.3 is 0 Å². The van der Waals surface area contributed by atoms with Gasteiger partial charge in [0.05, 0.1) is 0 Å². The van der Waals surface area contributed by atoms with Crippen molar-refractivity contribution in [2.24, 2.45) is 5.11 Å². The Morgan fingerprint density at radius 3 is 2.67 bits per heavy atom. The predicted octanol–water partition coefficient (Wildman–Crippen LogP) is 0.891. The average Bonchev–Trinajstić information content (AvgIpc) is 2.27. The van der Waals surface area contributed by atoms with E-state index in [1.807, 2.05) is 31.2 Å². The van der Waals surface area contributed by atoms with E-state index in [4.69, 9.17) is 5.53 Å². The summed E-state index contributed by atoms with van der Waals surface area (Å²) in [4.78, 5) is 2.96. The Morgan fingerprint density at radius 1 is 1.47 bits per heavy atom. The standard InChI is InChI=1S/C11H13N4/c1-2-3-9-4-6-10(7-5-9)11(12)8-14-15-13/h4-7,11,13H,8,12H2,1H3/q+1/p+1. The first-order valence-corrected chi connectivity index (χ1v) is 4.67. The van der Waals surface area contributed by atoms with E-state index < -0.39 is 0 Å². The lowest BCUT2D eigenvalue weighted by molar-refractivity contribution is -0.422. The Labute approximate surface area is 88.7 Å². The van der Waals surface area contributed by atoms with Crippen LogP contribution in [0.15, 0.2) is 29.4 Å². The Hall–Kier alpha value is -1.95. The number of hydrogen-bond donors (Lipinski definition) is 2. The topological polar surface area (TPSA) is 78.0 Å². The monoisotopic (exact) mass is 202 g/mol. The van der Waals surface area contributed by atoms with Gasteiger partial charge in [-0.25, -0.2) is 0 Å². The molecule has 1 unspecified atom stereocenters. The Balaban J connectivity index is 2.77. The van der Waals surface area contributed by atoms with Crippen LogP contribution in [0.25, 0.3) is 0 Å². The summed E-state index contributed by atoms with van der Waals surface area (Å²) in [5, 5.41) is 3.61. The van der Waals surface area contributed by atoms with E-state index >= 15 is 0 Å². The molecule has 4 heteroatoms. The van der Waals surface area contributed by atoms with Gasteiger partial charge in [-0.1, -0.05) is 18.1 Å². The fourth-order valence-electron chi connectivity index (χ4n) is 1.23. The van der Waals surface area contributed by atoms with E-state index in [1.165, 1.54) is 0 Å². The SMILES string of the molecule is CC#Cc1ccc(C([NH3+])CN=[N+]=N)cc1. The highest BCUT2D eigenvalue weighted by Gasteiger charge is 2.10. The highest BCUT2D eigenvalue weighted by Crippen LogP contribution is 2.09. The first kappa shape index (κ1) is 11.1. The van der Waals surface area contributed by atoms with E-state index in [1.54, 1.807) is 0 Å². The molecule has 0 saturated carbocycles. The number of quaternary nitrogens is 1. The molecule has 0 radical (unpaired) electrons. The van der Waals surface area contributed by atoms with Gasteiger partial charge in [0.2, 0.25) is 4.91 Å². The zero-order chi connectivity index (χ0) is 11.1. The van der Waals surface area contributed by atoms with Crippen molar-refractivity contribution in [1.82, 2.24) is 4.91 Å². The summed E-state index contributed by atoms with van der Waals surface area (Å²) in [6.45, 7) is 2.26. The fraction of sp³-hybridized carbons (Fsp3) is 0.273. The van der Waals surface area contributed by atoms with Gasteiger partial charge < -0.3 is 5.73 Å². The van der Waals surface area contributed by atoms with Gasteiger partial charge in [-0.3, -0.25) is 0 Å². The van der Waals surface area contributed by atoms with Gasteiger partial charge in [-0.15, -0.1) is 5.92 Å². The summed E-state index contributed by atoms with van der Waals surface area (Å²) in [7, 11) is 0.